The van der Waals surface area contributed by atoms with Crippen LogP contribution in [0.15, 0.2) is 59.8 Å². The van der Waals surface area contributed by atoms with Crippen LogP contribution in [-0.4, -0.2) is 28.9 Å². The molecule has 0 saturated carbocycles. The van der Waals surface area contributed by atoms with E-state index in [0.29, 0.717) is 17.0 Å². The summed E-state index contributed by atoms with van der Waals surface area (Å²) in [6, 6.07) is 12.1. The third kappa shape index (κ3) is 5.87. The molecule has 0 radical (unpaired) electrons. The maximum Gasteiger partial charge on any atom is 0.252 e. The third-order valence-corrected chi connectivity index (χ3v) is 6.36. The highest BCUT2D eigenvalue weighted by atomic mass is 32.2. The fourth-order valence-electron chi connectivity index (χ4n) is 3.18. The van der Waals surface area contributed by atoms with Crippen molar-refractivity contribution >= 4 is 17.7 Å². The Bertz CT molecular complexity index is 1090. The van der Waals surface area contributed by atoms with Crippen molar-refractivity contribution in [3.8, 4) is 16.9 Å². The molecule has 1 aromatic heterocycles. The van der Waals surface area contributed by atoms with Gasteiger partial charge in [-0.3, -0.25) is 9.78 Å². The molecule has 0 aliphatic heterocycles. The van der Waals surface area contributed by atoms with Gasteiger partial charge in [-0.05, 0) is 52.9 Å². The first kappa shape index (κ1) is 23.8. The smallest absolute Gasteiger partial charge is 0.252 e. The number of carbonyl (C=O) groups excluding carboxylic acids is 1. The zero-order valence-electron chi connectivity index (χ0n) is 18.4. The molecule has 7 heteroatoms. The fraction of sp³-hybridized carbons (Fsp3) is 0.280. The number of nitrogens with zero attached hydrogens (tertiary/aromatic N) is 1. The fourth-order valence-corrected chi connectivity index (χ4v) is 4.16. The van der Waals surface area contributed by atoms with E-state index < -0.39 is 5.82 Å². The second-order valence-corrected chi connectivity index (χ2v) is 8.82. The Balaban J connectivity index is 1.88. The second-order valence-electron chi connectivity index (χ2n) is 7.76. The number of amides is 1. The number of halogens is 1. The summed E-state index contributed by atoms with van der Waals surface area (Å²) in [6.07, 6.45) is 3.31. The van der Waals surface area contributed by atoms with E-state index in [4.69, 9.17) is 4.74 Å². The Morgan fingerprint density at radius 1 is 1.22 bits per heavy atom. The normalized spacial score (nSPS) is 10.9. The SMILES string of the molecule is COc1ccc(CNC(=O)c2cc(-c3cnccc3CO)ccc2SCC(C)C)cc1F. The van der Waals surface area contributed by atoms with Gasteiger partial charge < -0.3 is 15.2 Å². The number of rotatable bonds is 9. The van der Waals surface area contributed by atoms with Crippen molar-refractivity contribution in [2.24, 2.45) is 5.92 Å². The Labute approximate surface area is 192 Å². The number of hydrogen-bond donors (Lipinski definition) is 2. The third-order valence-electron chi connectivity index (χ3n) is 4.86. The van der Waals surface area contributed by atoms with Crippen molar-refractivity contribution < 1.29 is 19.0 Å². The van der Waals surface area contributed by atoms with Gasteiger partial charge in [-0.25, -0.2) is 4.39 Å². The molecule has 0 aliphatic carbocycles. The molecular formula is C25H27FN2O3S. The number of pyridine rings is 1. The highest BCUT2D eigenvalue weighted by molar-refractivity contribution is 7.99. The Morgan fingerprint density at radius 2 is 2.03 bits per heavy atom. The Kier molecular flexibility index (Phi) is 8.25. The number of ether oxygens (including phenoxy) is 1. The van der Waals surface area contributed by atoms with Crippen molar-refractivity contribution in [1.82, 2.24) is 10.3 Å². The molecule has 1 amide bonds. The minimum atomic E-state index is -0.470. The summed E-state index contributed by atoms with van der Waals surface area (Å²) in [7, 11) is 1.41. The van der Waals surface area contributed by atoms with Crippen molar-refractivity contribution in [1.29, 1.82) is 0 Å². The summed E-state index contributed by atoms with van der Waals surface area (Å²) >= 11 is 1.62. The van der Waals surface area contributed by atoms with Crippen LogP contribution in [0.5, 0.6) is 5.75 Å². The number of hydrogen-bond acceptors (Lipinski definition) is 5. The summed E-state index contributed by atoms with van der Waals surface area (Å²) in [5.41, 5.74) is 3.50. The van der Waals surface area contributed by atoms with Crippen LogP contribution in [0.2, 0.25) is 0 Å². The number of nitrogens with one attached hydrogen (secondary N) is 1. The molecule has 3 rings (SSSR count). The molecular weight excluding hydrogens is 427 g/mol. The van der Waals surface area contributed by atoms with E-state index in [2.05, 4.69) is 24.1 Å². The largest absolute Gasteiger partial charge is 0.494 e. The molecule has 1 heterocycles. The van der Waals surface area contributed by atoms with Gasteiger partial charge in [0.05, 0.1) is 19.3 Å². The first-order chi connectivity index (χ1) is 15.4. The lowest BCUT2D eigenvalue weighted by atomic mass is 10.00. The Morgan fingerprint density at radius 3 is 2.72 bits per heavy atom. The molecule has 0 atom stereocenters. The van der Waals surface area contributed by atoms with Gasteiger partial charge in [-0.2, -0.15) is 0 Å². The monoisotopic (exact) mass is 454 g/mol. The van der Waals surface area contributed by atoms with Gasteiger partial charge in [0.2, 0.25) is 0 Å². The van der Waals surface area contributed by atoms with E-state index in [0.717, 1.165) is 27.3 Å². The van der Waals surface area contributed by atoms with Crippen LogP contribution < -0.4 is 10.1 Å². The molecule has 32 heavy (non-hydrogen) atoms. The summed E-state index contributed by atoms with van der Waals surface area (Å²) in [6.45, 7) is 4.32. The topological polar surface area (TPSA) is 71.5 Å². The van der Waals surface area contributed by atoms with Crippen LogP contribution >= 0.6 is 11.8 Å². The zero-order valence-corrected chi connectivity index (χ0v) is 19.2. The predicted octanol–water partition coefficient (Wildman–Crippen LogP) is 5.07. The van der Waals surface area contributed by atoms with Gasteiger partial charge in [0.1, 0.15) is 0 Å². The molecule has 0 fully saturated rings. The van der Waals surface area contributed by atoms with Gasteiger partial charge in [0.15, 0.2) is 11.6 Å². The predicted molar refractivity (Wildman–Crippen MR) is 125 cm³/mol. The van der Waals surface area contributed by atoms with Crippen molar-refractivity contribution in [2.75, 3.05) is 12.9 Å². The number of methoxy groups -OCH3 is 1. The van der Waals surface area contributed by atoms with E-state index in [1.807, 2.05) is 18.2 Å². The van der Waals surface area contributed by atoms with Gasteiger partial charge in [0, 0.05) is 35.2 Å². The van der Waals surface area contributed by atoms with Crippen LogP contribution in [0.4, 0.5) is 4.39 Å². The van der Waals surface area contributed by atoms with Crippen LogP contribution in [0.1, 0.15) is 35.3 Å². The lowest BCUT2D eigenvalue weighted by Crippen LogP contribution is -2.23. The molecule has 0 aliphatic rings. The van der Waals surface area contributed by atoms with E-state index >= 15 is 0 Å². The number of benzene rings is 2. The summed E-state index contributed by atoms with van der Waals surface area (Å²) in [5.74, 6) is 0.790. The molecule has 0 saturated heterocycles. The number of thioether (sulfide) groups is 1. The average Bonchev–Trinajstić information content (AvgIpc) is 2.81. The van der Waals surface area contributed by atoms with Crippen LogP contribution in [0, 0.1) is 11.7 Å². The minimum Gasteiger partial charge on any atom is -0.494 e. The number of aliphatic hydroxyl groups excluding tert-OH is 1. The van der Waals surface area contributed by atoms with Crippen LogP contribution in [0.25, 0.3) is 11.1 Å². The second kappa shape index (κ2) is 11.1. The standard InChI is InChI=1S/C25H27FN2O3S/c1-16(2)15-32-24-7-5-18(21-13-27-9-8-19(21)14-29)11-20(24)25(30)28-12-17-4-6-23(31-3)22(26)10-17/h4-11,13,16,29H,12,14-15H2,1-3H3,(H,28,30). The summed E-state index contributed by atoms with van der Waals surface area (Å²) in [5, 5.41) is 12.6. The average molecular weight is 455 g/mol. The molecule has 0 bridgehead atoms. The molecule has 5 nitrogen and oxygen atoms in total. The summed E-state index contributed by atoms with van der Waals surface area (Å²) in [4.78, 5) is 18.2. The van der Waals surface area contributed by atoms with E-state index in [9.17, 15) is 14.3 Å². The zero-order chi connectivity index (χ0) is 23.1. The number of carbonyl (C=O) groups is 1. The van der Waals surface area contributed by atoms with Crippen molar-refractivity contribution in [3.05, 3.63) is 77.4 Å². The van der Waals surface area contributed by atoms with E-state index in [1.54, 1.807) is 42.4 Å². The Hall–Kier alpha value is -2.90. The molecule has 0 spiro atoms. The highest BCUT2D eigenvalue weighted by Crippen LogP contribution is 2.31. The summed E-state index contributed by atoms with van der Waals surface area (Å²) < 4.78 is 18.9. The quantitative estimate of drug-likeness (QED) is 0.442. The van der Waals surface area contributed by atoms with Gasteiger partial charge in [-0.1, -0.05) is 26.0 Å². The van der Waals surface area contributed by atoms with Crippen molar-refractivity contribution in [2.45, 2.75) is 31.9 Å². The van der Waals surface area contributed by atoms with E-state index in [1.165, 1.54) is 13.2 Å². The lowest BCUT2D eigenvalue weighted by Gasteiger charge is -2.14. The lowest BCUT2D eigenvalue weighted by molar-refractivity contribution is 0.0948. The van der Waals surface area contributed by atoms with Gasteiger partial charge in [-0.15, -0.1) is 11.8 Å². The molecule has 0 unspecified atom stereocenters. The molecule has 2 N–H and O–H groups in total. The molecule has 3 aromatic rings. The number of aromatic nitrogens is 1. The highest BCUT2D eigenvalue weighted by Gasteiger charge is 2.16. The number of aliphatic hydroxyl groups is 1. The minimum absolute atomic E-state index is 0.119. The van der Waals surface area contributed by atoms with Crippen LogP contribution in [0.3, 0.4) is 0 Å². The van der Waals surface area contributed by atoms with Gasteiger partial charge >= 0.3 is 0 Å². The van der Waals surface area contributed by atoms with Crippen LogP contribution in [-0.2, 0) is 13.2 Å². The maximum atomic E-state index is 14.0. The first-order valence-corrected chi connectivity index (χ1v) is 11.3. The molecule has 168 valence electrons. The molecule has 2 aromatic carbocycles. The van der Waals surface area contributed by atoms with Crippen molar-refractivity contribution in [3.63, 3.8) is 0 Å². The maximum absolute atomic E-state index is 14.0. The van der Waals surface area contributed by atoms with Gasteiger partial charge in [0.25, 0.3) is 5.91 Å². The first-order valence-electron chi connectivity index (χ1n) is 10.3. The van der Waals surface area contributed by atoms with E-state index in [-0.39, 0.29) is 24.8 Å².